The molecule has 0 bridgehead atoms. The fourth-order valence-corrected chi connectivity index (χ4v) is 2.59. The highest BCUT2D eigenvalue weighted by Gasteiger charge is 2.17. The normalized spacial score (nSPS) is 10.9. The van der Waals surface area contributed by atoms with Crippen LogP contribution in [0.15, 0.2) is 28.9 Å². The van der Waals surface area contributed by atoms with Crippen molar-refractivity contribution in [3.8, 4) is 0 Å². The van der Waals surface area contributed by atoms with Crippen LogP contribution in [0.25, 0.3) is 21.9 Å². The predicted molar refractivity (Wildman–Crippen MR) is 78.0 cm³/mol. The number of ether oxygens (including phenoxy) is 1. The Morgan fingerprint density at radius 3 is 2.90 bits per heavy atom. The molecule has 0 fully saturated rings. The van der Waals surface area contributed by atoms with Crippen LogP contribution in [0.3, 0.4) is 0 Å². The second kappa shape index (κ2) is 4.72. The van der Waals surface area contributed by atoms with Gasteiger partial charge in [-0.15, -0.1) is 0 Å². The third-order valence-corrected chi connectivity index (χ3v) is 3.49. The van der Waals surface area contributed by atoms with E-state index in [1.165, 1.54) is 7.11 Å². The minimum absolute atomic E-state index is 0.397. The summed E-state index contributed by atoms with van der Waals surface area (Å²) in [7, 11) is 1.33. The molecule has 0 saturated heterocycles. The Bertz CT molecular complexity index is 854. The molecule has 1 N–H and O–H groups in total. The van der Waals surface area contributed by atoms with Gasteiger partial charge in [0.05, 0.1) is 23.7 Å². The van der Waals surface area contributed by atoms with Crippen molar-refractivity contribution in [3.63, 3.8) is 0 Å². The molecule has 1 aromatic carbocycles. The number of aldehydes is 1. The number of esters is 1. The van der Waals surface area contributed by atoms with Gasteiger partial charge in [0.25, 0.3) is 0 Å². The third-order valence-electron chi connectivity index (χ3n) is 3.09. The number of aromatic nitrogens is 2. The number of nitrogens with one attached hydrogen (secondary N) is 1. The van der Waals surface area contributed by atoms with Gasteiger partial charge in [-0.25, -0.2) is 9.78 Å². The van der Waals surface area contributed by atoms with Gasteiger partial charge in [-0.3, -0.25) is 4.79 Å². The van der Waals surface area contributed by atoms with Crippen LogP contribution < -0.4 is 0 Å². The summed E-state index contributed by atoms with van der Waals surface area (Å²) < 4.78 is 5.31. The molecular formula is C14H9BrN2O3. The second-order valence-electron chi connectivity index (χ2n) is 4.26. The zero-order valence-corrected chi connectivity index (χ0v) is 12.0. The lowest BCUT2D eigenvalue weighted by Crippen LogP contribution is -2.02. The number of nitrogens with zero attached hydrogens (tertiary/aromatic N) is 1. The average molecular weight is 333 g/mol. The zero-order valence-electron chi connectivity index (χ0n) is 10.4. The van der Waals surface area contributed by atoms with Crippen molar-refractivity contribution < 1.29 is 14.3 Å². The van der Waals surface area contributed by atoms with Crippen LogP contribution in [0.5, 0.6) is 0 Å². The first-order valence-electron chi connectivity index (χ1n) is 5.79. The number of H-pyrrole nitrogens is 1. The van der Waals surface area contributed by atoms with Crippen molar-refractivity contribution >= 4 is 50.1 Å². The van der Waals surface area contributed by atoms with E-state index in [1.807, 2.05) is 0 Å². The van der Waals surface area contributed by atoms with Crippen molar-refractivity contribution in [1.82, 2.24) is 9.97 Å². The van der Waals surface area contributed by atoms with E-state index in [1.54, 1.807) is 24.3 Å². The van der Waals surface area contributed by atoms with Gasteiger partial charge in [-0.1, -0.05) is 0 Å². The number of aromatic amines is 1. The molecular weight excluding hydrogens is 324 g/mol. The highest BCUT2D eigenvalue weighted by molar-refractivity contribution is 9.10. The van der Waals surface area contributed by atoms with Crippen LogP contribution in [0.4, 0.5) is 0 Å². The summed E-state index contributed by atoms with van der Waals surface area (Å²) in [5.74, 6) is -0.444. The van der Waals surface area contributed by atoms with Crippen LogP contribution in [0.1, 0.15) is 20.7 Å². The van der Waals surface area contributed by atoms with Crippen molar-refractivity contribution in [2.24, 2.45) is 0 Å². The Balaban J connectivity index is 2.44. The number of carbonyl (C=O) groups excluding carboxylic acids is 2. The molecule has 6 heteroatoms. The maximum absolute atomic E-state index is 11.8. The summed E-state index contributed by atoms with van der Waals surface area (Å²) in [4.78, 5) is 30.2. The van der Waals surface area contributed by atoms with E-state index in [0.717, 1.165) is 17.2 Å². The number of hydrogen-bond donors (Lipinski definition) is 1. The Morgan fingerprint density at radius 1 is 1.40 bits per heavy atom. The summed E-state index contributed by atoms with van der Waals surface area (Å²) in [6.45, 7) is 0. The van der Waals surface area contributed by atoms with Gasteiger partial charge in [0.2, 0.25) is 0 Å². The molecule has 3 rings (SSSR count). The molecule has 0 radical (unpaired) electrons. The molecule has 100 valence electrons. The Hall–Kier alpha value is -2.21. The van der Waals surface area contributed by atoms with E-state index in [0.29, 0.717) is 26.8 Å². The van der Waals surface area contributed by atoms with Gasteiger partial charge >= 0.3 is 5.97 Å². The molecule has 0 aliphatic carbocycles. The number of carbonyl (C=O) groups is 2. The lowest BCUT2D eigenvalue weighted by atomic mass is 10.1. The predicted octanol–water partition coefficient (Wildman–Crippen LogP) is 3.08. The van der Waals surface area contributed by atoms with Crippen LogP contribution >= 0.6 is 15.9 Å². The van der Waals surface area contributed by atoms with Crippen LogP contribution in [0.2, 0.25) is 0 Å². The lowest BCUT2D eigenvalue weighted by Gasteiger charge is -2.01. The summed E-state index contributed by atoms with van der Waals surface area (Å²) >= 11 is 3.28. The standard InChI is InChI=1S/C14H9BrN2O3/c1-20-14(19)9-5-11(15)17-12-8-4-7(6-18)2-3-10(8)16-13(9)12/h2-6,16H,1H3. The molecule has 2 aromatic heterocycles. The fourth-order valence-electron chi connectivity index (χ4n) is 2.18. The van der Waals surface area contributed by atoms with Gasteiger partial charge in [-0.05, 0) is 40.2 Å². The summed E-state index contributed by atoms with van der Waals surface area (Å²) in [6.07, 6.45) is 0.775. The van der Waals surface area contributed by atoms with Gasteiger partial charge in [0.15, 0.2) is 0 Å². The van der Waals surface area contributed by atoms with Gasteiger partial charge < -0.3 is 9.72 Å². The zero-order chi connectivity index (χ0) is 14.3. The molecule has 0 aliphatic rings. The Labute approximate surface area is 122 Å². The number of fused-ring (bicyclic) bond motifs is 3. The van der Waals surface area contributed by atoms with Gasteiger partial charge in [0.1, 0.15) is 10.9 Å². The first kappa shape index (κ1) is 12.8. The number of rotatable bonds is 2. The molecule has 0 unspecified atom stereocenters. The third kappa shape index (κ3) is 1.89. The number of pyridine rings is 1. The maximum Gasteiger partial charge on any atom is 0.340 e. The molecule has 5 nitrogen and oxygen atoms in total. The van der Waals surface area contributed by atoms with Crippen LogP contribution in [-0.4, -0.2) is 29.3 Å². The Morgan fingerprint density at radius 2 is 2.20 bits per heavy atom. The first-order valence-corrected chi connectivity index (χ1v) is 6.59. The number of halogens is 1. The monoisotopic (exact) mass is 332 g/mol. The number of hydrogen-bond acceptors (Lipinski definition) is 4. The van der Waals surface area contributed by atoms with E-state index in [9.17, 15) is 9.59 Å². The summed E-state index contributed by atoms with van der Waals surface area (Å²) in [5, 5.41) is 0.788. The van der Waals surface area contributed by atoms with Crippen LogP contribution in [0, 0.1) is 0 Å². The maximum atomic E-state index is 11.8. The topological polar surface area (TPSA) is 72.0 Å². The molecule has 20 heavy (non-hydrogen) atoms. The molecule has 0 aliphatic heterocycles. The van der Waals surface area contributed by atoms with E-state index in [4.69, 9.17) is 4.74 Å². The Kier molecular flexibility index (Phi) is 3.02. The quantitative estimate of drug-likeness (QED) is 0.444. The largest absolute Gasteiger partial charge is 0.465 e. The highest BCUT2D eigenvalue weighted by atomic mass is 79.9. The van der Waals surface area contributed by atoms with E-state index in [-0.39, 0.29) is 0 Å². The molecule has 0 atom stereocenters. The van der Waals surface area contributed by atoms with Crippen molar-refractivity contribution in [1.29, 1.82) is 0 Å². The fraction of sp³-hybridized carbons (Fsp3) is 0.0714. The van der Waals surface area contributed by atoms with Crippen LogP contribution in [-0.2, 0) is 4.74 Å². The van der Waals surface area contributed by atoms with Crippen molar-refractivity contribution in [2.45, 2.75) is 0 Å². The number of methoxy groups -OCH3 is 1. The molecule has 0 saturated carbocycles. The minimum Gasteiger partial charge on any atom is -0.465 e. The first-order chi connectivity index (χ1) is 9.63. The van der Waals surface area contributed by atoms with E-state index >= 15 is 0 Å². The molecule has 3 aromatic rings. The average Bonchev–Trinajstić information content (AvgIpc) is 2.83. The molecule has 0 spiro atoms. The smallest absolute Gasteiger partial charge is 0.340 e. The lowest BCUT2D eigenvalue weighted by molar-refractivity contribution is 0.0602. The number of benzene rings is 1. The van der Waals surface area contributed by atoms with Gasteiger partial charge in [-0.2, -0.15) is 0 Å². The molecule has 2 heterocycles. The summed E-state index contributed by atoms with van der Waals surface area (Å²) in [6, 6.07) is 6.83. The molecule has 0 amide bonds. The van der Waals surface area contributed by atoms with E-state index in [2.05, 4.69) is 25.9 Å². The summed E-state index contributed by atoms with van der Waals surface area (Å²) in [5.41, 5.74) is 2.98. The van der Waals surface area contributed by atoms with Gasteiger partial charge in [0, 0.05) is 16.5 Å². The minimum atomic E-state index is -0.444. The van der Waals surface area contributed by atoms with E-state index < -0.39 is 5.97 Å². The SMILES string of the molecule is COC(=O)c1cc(Br)nc2c1[nH]c1ccc(C=O)cc12. The van der Waals surface area contributed by atoms with Crippen molar-refractivity contribution in [3.05, 3.63) is 40.0 Å². The highest BCUT2D eigenvalue weighted by Crippen LogP contribution is 2.29. The van der Waals surface area contributed by atoms with Crippen molar-refractivity contribution in [2.75, 3.05) is 7.11 Å². The second-order valence-corrected chi connectivity index (χ2v) is 5.07.